The first-order valence-electron chi connectivity index (χ1n) is 6.86. The number of benzene rings is 1. The minimum atomic E-state index is 0.531. The minimum Gasteiger partial charge on any atom is -0.389 e. The zero-order chi connectivity index (χ0) is 13.2. The van der Waals surface area contributed by atoms with Gasteiger partial charge in [-0.25, -0.2) is 4.98 Å². The van der Waals surface area contributed by atoms with Gasteiger partial charge in [-0.15, -0.1) is 0 Å². The quantitative estimate of drug-likeness (QED) is 0.868. The van der Waals surface area contributed by atoms with Crippen molar-refractivity contribution in [2.24, 2.45) is 0 Å². The highest BCUT2D eigenvalue weighted by molar-refractivity contribution is 7.19. The highest BCUT2D eigenvalue weighted by Crippen LogP contribution is 2.35. The molecule has 19 heavy (non-hydrogen) atoms. The van der Waals surface area contributed by atoms with E-state index in [2.05, 4.69) is 29.2 Å². The van der Waals surface area contributed by atoms with Gasteiger partial charge < -0.3 is 11.5 Å². The molecule has 2 aromatic rings. The van der Waals surface area contributed by atoms with Crippen molar-refractivity contribution in [1.82, 2.24) is 4.98 Å². The first-order valence-corrected chi connectivity index (χ1v) is 7.68. The van der Waals surface area contributed by atoms with Crippen LogP contribution in [0.15, 0.2) is 24.3 Å². The highest BCUT2D eigenvalue weighted by Gasteiger charge is 2.16. The van der Waals surface area contributed by atoms with E-state index >= 15 is 0 Å². The van der Waals surface area contributed by atoms with Crippen LogP contribution < -0.4 is 11.5 Å². The Hall–Kier alpha value is -1.55. The molecule has 1 aromatic carbocycles. The lowest BCUT2D eigenvalue weighted by molar-refractivity contribution is 0.443. The Kier molecular flexibility index (Phi) is 3.42. The van der Waals surface area contributed by atoms with Crippen LogP contribution in [0.3, 0.4) is 0 Å². The second-order valence-electron chi connectivity index (χ2n) is 5.22. The standard InChI is InChI=1S/C15H19N3S/c16-14-13(18-15(17)19-14)12-8-6-11(7-9-12)10-4-2-1-3-5-10/h6-10H,1-5,16H2,(H2,17,18). The third-order valence-corrected chi connectivity index (χ3v) is 4.64. The lowest BCUT2D eigenvalue weighted by Crippen LogP contribution is -2.04. The number of thiazole rings is 1. The van der Waals surface area contributed by atoms with E-state index in [0.717, 1.165) is 17.2 Å². The first-order chi connectivity index (χ1) is 9.24. The number of rotatable bonds is 2. The molecule has 3 rings (SSSR count). The highest BCUT2D eigenvalue weighted by atomic mass is 32.1. The molecule has 4 heteroatoms. The predicted octanol–water partition coefficient (Wildman–Crippen LogP) is 4.02. The van der Waals surface area contributed by atoms with Crippen molar-refractivity contribution in [2.75, 3.05) is 11.5 Å². The van der Waals surface area contributed by atoms with Gasteiger partial charge in [0, 0.05) is 5.56 Å². The van der Waals surface area contributed by atoms with Gasteiger partial charge in [0.25, 0.3) is 0 Å². The summed E-state index contributed by atoms with van der Waals surface area (Å²) in [4.78, 5) is 4.29. The summed E-state index contributed by atoms with van der Waals surface area (Å²) in [6.07, 6.45) is 6.77. The van der Waals surface area contributed by atoms with Gasteiger partial charge in [-0.2, -0.15) is 0 Å². The molecule has 0 aliphatic heterocycles. The molecule has 1 saturated carbocycles. The topological polar surface area (TPSA) is 64.9 Å². The molecular weight excluding hydrogens is 254 g/mol. The van der Waals surface area contributed by atoms with Gasteiger partial charge in [-0.1, -0.05) is 54.9 Å². The van der Waals surface area contributed by atoms with E-state index in [-0.39, 0.29) is 0 Å². The number of nitrogen functional groups attached to an aromatic ring is 2. The van der Waals surface area contributed by atoms with Crippen LogP contribution in [0.5, 0.6) is 0 Å². The van der Waals surface area contributed by atoms with Crippen LogP contribution in [-0.2, 0) is 0 Å². The van der Waals surface area contributed by atoms with E-state index < -0.39 is 0 Å². The second kappa shape index (κ2) is 5.21. The van der Waals surface area contributed by atoms with E-state index in [1.165, 1.54) is 49.0 Å². The van der Waals surface area contributed by atoms with Crippen LogP contribution in [0.1, 0.15) is 43.6 Å². The third kappa shape index (κ3) is 2.59. The molecule has 0 spiro atoms. The van der Waals surface area contributed by atoms with E-state index in [9.17, 15) is 0 Å². The van der Waals surface area contributed by atoms with Crippen LogP contribution in [0.4, 0.5) is 10.1 Å². The SMILES string of the molecule is Nc1nc(-c2ccc(C3CCCCC3)cc2)c(N)s1. The Morgan fingerprint density at radius 2 is 1.68 bits per heavy atom. The summed E-state index contributed by atoms with van der Waals surface area (Å²) in [5, 5.41) is 1.23. The summed E-state index contributed by atoms with van der Waals surface area (Å²) in [7, 11) is 0. The molecule has 1 aliphatic rings. The maximum atomic E-state index is 5.93. The van der Waals surface area contributed by atoms with Crippen molar-refractivity contribution in [2.45, 2.75) is 38.0 Å². The van der Waals surface area contributed by atoms with Crippen LogP contribution in [0.2, 0.25) is 0 Å². The lowest BCUT2D eigenvalue weighted by atomic mass is 9.84. The number of hydrogen-bond donors (Lipinski definition) is 2. The number of nitrogens with zero attached hydrogens (tertiary/aromatic N) is 1. The molecule has 1 aromatic heterocycles. The van der Waals surface area contributed by atoms with Gasteiger partial charge in [0.05, 0.1) is 0 Å². The van der Waals surface area contributed by atoms with Crippen molar-refractivity contribution < 1.29 is 0 Å². The second-order valence-corrected chi connectivity index (χ2v) is 6.28. The van der Waals surface area contributed by atoms with Crippen LogP contribution in [-0.4, -0.2) is 4.98 Å². The molecule has 1 heterocycles. The average Bonchev–Trinajstić information content (AvgIpc) is 2.79. The maximum Gasteiger partial charge on any atom is 0.182 e. The molecule has 1 aliphatic carbocycles. The maximum absolute atomic E-state index is 5.93. The fourth-order valence-corrected chi connectivity index (χ4v) is 3.53. The molecule has 0 saturated heterocycles. The van der Waals surface area contributed by atoms with Crippen LogP contribution in [0, 0.1) is 0 Å². The summed E-state index contributed by atoms with van der Waals surface area (Å²) in [6, 6.07) is 8.68. The molecule has 3 nitrogen and oxygen atoms in total. The smallest absolute Gasteiger partial charge is 0.182 e. The van der Waals surface area contributed by atoms with Crippen molar-refractivity contribution in [1.29, 1.82) is 0 Å². The van der Waals surface area contributed by atoms with Crippen molar-refractivity contribution in [3.63, 3.8) is 0 Å². The molecule has 0 unspecified atom stereocenters. The summed E-state index contributed by atoms with van der Waals surface area (Å²) in [5.74, 6) is 0.737. The third-order valence-electron chi connectivity index (χ3n) is 3.93. The number of anilines is 2. The Bertz CT molecular complexity index is 553. The monoisotopic (exact) mass is 273 g/mol. The fourth-order valence-electron chi connectivity index (χ4n) is 2.90. The summed E-state index contributed by atoms with van der Waals surface area (Å²) in [5.41, 5.74) is 14.9. The minimum absolute atomic E-state index is 0.531. The lowest BCUT2D eigenvalue weighted by Gasteiger charge is -2.22. The summed E-state index contributed by atoms with van der Waals surface area (Å²) >= 11 is 1.34. The van der Waals surface area contributed by atoms with Crippen molar-refractivity contribution in [3.8, 4) is 11.3 Å². The number of hydrogen-bond acceptors (Lipinski definition) is 4. The van der Waals surface area contributed by atoms with Gasteiger partial charge in [0.2, 0.25) is 0 Å². The van der Waals surface area contributed by atoms with E-state index in [1.54, 1.807) is 0 Å². The molecule has 1 fully saturated rings. The van der Waals surface area contributed by atoms with Gasteiger partial charge in [-0.05, 0) is 24.3 Å². The predicted molar refractivity (Wildman–Crippen MR) is 82.2 cm³/mol. The zero-order valence-electron chi connectivity index (χ0n) is 10.9. The Morgan fingerprint density at radius 1 is 1.00 bits per heavy atom. The van der Waals surface area contributed by atoms with Gasteiger partial charge in [0.15, 0.2) is 5.13 Å². The van der Waals surface area contributed by atoms with Gasteiger partial charge >= 0.3 is 0 Å². The van der Waals surface area contributed by atoms with Crippen molar-refractivity contribution in [3.05, 3.63) is 29.8 Å². The number of aromatic nitrogens is 1. The molecule has 0 bridgehead atoms. The first kappa shape index (κ1) is 12.5. The molecule has 4 N–H and O–H groups in total. The number of nitrogens with two attached hydrogens (primary N) is 2. The molecule has 0 amide bonds. The fraction of sp³-hybridized carbons (Fsp3) is 0.400. The summed E-state index contributed by atoms with van der Waals surface area (Å²) < 4.78 is 0. The summed E-state index contributed by atoms with van der Waals surface area (Å²) in [6.45, 7) is 0. The van der Waals surface area contributed by atoms with Gasteiger partial charge in [-0.3, -0.25) is 0 Å². The zero-order valence-corrected chi connectivity index (χ0v) is 11.7. The normalized spacial score (nSPS) is 16.6. The average molecular weight is 273 g/mol. The van der Waals surface area contributed by atoms with Crippen LogP contribution >= 0.6 is 11.3 Å². The van der Waals surface area contributed by atoms with Crippen LogP contribution in [0.25, 0.3) is 11.3 Å². The Morgan fingerprint density at radius 3 is 2.26 bits per heavy atom. The molecule has 0 atom stereocenters. The van der Waals surface area contributed by atoms with Gasteiger partial charge in [0.1, 0.15) is 10.7 Å². The molecular formula is C15H19N3S. The van der Waals surface area contributed by atoms with E-state index in [1.807, 2.05) is 0 Å². The van der Waals surface area contributed by atoms with E-state index in [0.29, 0.717) is 10.1 Å². The Labute approximate surface area is 117 Å². The van der Waals surface area contributed by atoms with E-state index in [4.69, 9.17) is 11.5 Å². The Balaban J connectivity index is 1.84. The van der Waals surface area contributed by atoms with Crippen molar-refractivity contribution >= 4 is 21.5 Å². The largest absolute Gasteiger partial charge is 0.389 e. The molecule has 100 valence electrons. The molecule has 0 radical (unpaired) electrons.